The predicted molar refractivity (Wildman–Crippen MR) is 72.9 cm³/mol. The van der Waals surface area contributed by atoms with E-state index in [1.165, 1.54) is 5.56 Å². The summed E-state index contributed by atoms with van der Waals surface area (Å²) in [4.78, 5) is 0. The molecule has 0 spiro atoms. The molecule has 0 fully saturated rings. The maximum absolute atomic E-state index is 9.07. The molecule has 1 N–H and O–H groups in total. The van der Waals surface area contributed by atoms with E-state index in [4.69, 9.17) is 9.84 Å². The summed E-state index contributed by atoms with van der Waals surface area (Å²) in [5.74, 6) is 1.58. The van der Waals surface area contributed by atoms with E-state index in [9.17, 15) is 0 Å². The van der Waals surface area contributed by atoms with Crippen molar-refractivity contribution < 1.29 is 9.84 Å². The maximum Gasteiger partial charge on any atom is 0.127 e. The van der Waals surface area contributed by atoms with Crippen LogP contribution in [0.1, 0.15) is 24.5 Å². The summed E-state index contributed by atoms with van der Waals surface area (Å²) in [7, 11) is 0. The minimum atomic E-state index is 0.0344. The Morgan fingerprint density at radius 3 is 2.39 bits per heavy atom. The van der Waals surface area contributed by atoms with Gasteiger partial charge in [-0.2, -0.15) is 0 Å². The Morgan fingerprint density at radius 1 is 0.944 bits per heavy atom. The van der Waals surface area contributed by atoms with E-state index >= 15 is 0 Å². The van der Waals surface area contributed by atoms with E-state index in [-0.39, 0.29) is 6.61 Å². The van der Waals surface area contributed by atoms with Crippen molar-refractivity contribution in [3.8, 4) is 11.5 Å². The van der Waals surface area contributed by atoms with E-state index in [1.807, 2.05) is 36.4 Å². The van der Waals surface area contributed by atoms with Crippen LogP contribution < -0.4 is 4.74 Å². The van der Waals surface area contributed by atoms with Crippen LogP contribution >= 0.6 is 0 Å². The molecular weight excluding hydrogens is 224 g/mol. The van der Waals surface area contributed by atoms with Crippen molar-refractivity contribution in [1.29, 1.82) is 0 Å². The van der Waals surface area contributed by atoms with E-state index in [0.29, 0.717) is 0 Å². The van der Waals surface area contributed by atoms with Crippen molar-refractivity contribution in [3.05, 3.63) is 59.7 Å². The number of hydrogen-bond acceptors (Lipinski definition) is 2. The molecule has 0 saturated carbocycles. The molecule has 0 aliphatic rings. The summed E-state index contributed by atoms with van der Waals surface area (Å²) in [5, 5.41) is 9.07. The summed E-state index contributed by atoms with van der Waals surface area (Å²) >= 11 is 0. The molecule has 94 valence electrons. The van der Waals surface area contributed by atoms with Crippen molar-refractivity contribution in [2.24, 2.45) is 0 Å². The Bertz CT molecular complexity index is 489. The van der Waals surface area contributed by atoms with E-state index in [1.54, 1.807) is 0 Å². The number of hydrogen-bond donors (Lipinski definition) is 1. The monoisotopic (exact) mass is 242 g/mol. The topological polar surface area (TPSA) is 29.5 Å². The number of benzene rings is 2. The van der Waals surface area contributed by atoms with E-state index in [2.05, 4.69) is 19.1 Å². The van der Waals surface area contributed by atoms with Crippen molar-refractivity contribution in [2.75, 3.05) is 0 Å². The fourth-order valence-electron chi connectivity index (χ4n) is 1.86. The van der Waals surface area contributed by atoms with Gasteiger partial charge in [0, 0.05) is 0 Å². The molecule has 18 heavy (non-hydrogen) atoms. The fraction of sp³-hybridized carbons (Fsp3) is 0.250. The first kappa shape index (κ1) is 12.7. The highest BCUT2D eigenvalue weighted by Gasteiger charge is 1.99. The van der Waals surface area contributed by atoms with E-state index in [0.717, 1.165) is 29.9 Å². The molecule has 0 saturated heterocycles. The summed E-state index contributed by atoms with van der Waals surface area (Å²) in [6.45, 7) is 2.21. The van der Waals surface area contributed by atoms with Gasteiger partial charge in [-0.05, 0) is 41.8 Å². The fourth-order valence-corrected chi connectivity index (χ4v) is 1.86. The van der Waals surface area contributed by atoms with Gasteiger partial charge in [-0.1, -0.05) is 37.6 Å². The van der Waals surface area contributed by atoms with Crippen LogP contribution in [0.25, 0.3) is 0 Å². The third kappa shape index (κ3) is 3.34. The lowest BCUT2D eigenvalue weighted by molar-refractivity contribution is 0.281. The van der Waals surface area contributed by atoms with Gasteiger partial charge in [0.25, 0.3) is 0 Å². The summed E-state index contributed by atoms with van der Waals surface area (Å²) in [6.07, 6.45) is 2.25. The SMILES string of the molecule is CCCc1ccc(Oc2cccc(CO)c2)cc1. The van der Waals surface area contributed by atoms with Crippen LogP contribution in [0.4, 0.5) is 0 Å². The second-order valence-electron chi connectivity index (χ2n) is 4.30. The standard InChI is InChI=1S/C16H18O2/c1-2-4-13-7-9-15(10-8-13)18-16-6-3-5-14(11-16)12-17/h3,5-11,17H,2,4,12H2,1H3. The van der Waals surface area contributed by atoms with Crippen LogP contribution in [-0.4, -0.2) is 5.11 Å². The number of rotatable bonds is 5. The minimum Gasteiger partial charge on any atom is -0.457 e. The molecule has 0 aliphatic heterocycles. The molecule has 2 heteroatoms. The van der Waals surface area contributed by atoms with Gasteiger partial charge < -0.3 is 9.84 Å². The largest absolute Gasteiger partial charge is 0.457 e. The van der Waals surface area contributed by atoms with Crippen molar-refractivity contribution in [2.45, 2.75) is 26.4 Å². The third-order valence-corrected chi connectivity index (χ3v) is 2.78. The number of ether oxygens (including phenoxy) is 1. The van der Waals surface area contributed by atoms with Crippen LogP contribution in [0.3, 0.4) is 0 Å². The maximum atomic E-state index is 9.07. The predicted octanol–water partition coefficient (Wildman–Crippen LogP) is 3.92. The molecule has 0 radical (unpaired) electrons. The van der Waals surface area contributed by atoms with Crippen LogP contribution in [-0.2, 0) is 13.0 Å². The number of aliphatic hydroxyl groups excluding tert-OH is 1. The molecule has 0 atom stereocenters. The zero-order valence-electron chi connectivity index (χ0n) is 10.6. The lowest BCUT2D eigenvalue weighted by Gasteiger charge is -2.07. The first-order valence-corrected chi connectivity index (χ1v) is 6.28. The Hall–Kier alpha value is -1.80. The average Bonchev–Trinajstić information content (AvgIpc) is 2.42. The zero-order chi connectivity index (χ0) is 12.8. The van der Waals surface area contributed by atoms with Gasteiger partial charge in [0.2, 0.25) is 0 Å². The Labute approximate surface area is 108 Å². The van der Waals surface area contributed by atoms with Gasteiger partial charge in [0.15, 0.2) is 0 Å². The lowest BCUT2D eigenvalue weighted by Crippen LogP contribution is -1.88. The van der Waals surface area contributed by atoms with Crippen molar-refractivity contribution in [1.82, 2.24) is 0 Å². The van der Waals surface area contributed by atoms with Crippen LogP contribution in [0.15, 0.2) is 48.5 Å². The highest BCUT2D eigenvalue weighted by molar-refractivity contribution is 5.35. The lowest BCUT2D eigenvalue weighted by atomic mass is 10.1. The first-order valence-electron chi connectivity index (χ1n) is 6.28. The molecule has 0 aliphatic carbocycles. The van der Waals surface area contributed by atoms with Crippen LogP contribution in [0.5, 0.6) is 11.5 Å². The van der Waals surface area contributed by atoms with Crippen LogP contribution in [0, 0.1) is 0 Å². The molecule has 0 heterocycles. The molecule has 2 aromatic rings. The molecule has 0 aromatic heterocycles. The van der Waals surface area contributed by atoms with Gasteiger partial charge in [-0.3, -0.25) is 0 Å². The van der Waals surface area contributed by atoms with Gasteiger partial charge in [0.05, 0.1) is 6.61 Å². The second kappa shape index (κ2) is 6.22. The molecular formula is C16H18O2. The van der Waals surface area contributed by atoms with Gasteiger partial charge in [-0.15, -0.1) is 0 Å². The normalized spacial score (nSPS) is 10.3. The average molecular weight is 242 g/mol. The summed E-state index contributed by atoms with van der Waals surface area (Å²) in [6, 6.07) is 15.6. The second-order valence-corrected chi connectivity index (χ2v) is 4.30. The first-order chi connectivity index (χ1) is 8.81. The molecule has 2 aromatic carbocycles. The quantitative estimate of drug-likeness (QED) is 0.861. The Morgan fingerprint density at radius 2 is 1.72 bits per heavy atom. The van der Waals surface area contributed by atoms with Gasteiger partial charge in [-0.25, -0.2) is 0 Å². The highest BCUT2D eigenvalue weighted by atomic mass is 16.5. The smallest absolute Gasteiger partial charge is 0.127 e. The minimum absolute atomic E-state index is 0.0344. The van der Waals surface area contributed by atoms with E-state index < -0.39 is 0 Å². The number of aryl methyl sites for hydroxylation is 1. The Balaban J connectivity index is 2.08. The molecule has 2 nitrogen and oxygen atoms in total. The van der Waals surface area contributed by atoms with Gasteiger partial charge in [0.1, 0.15) is 11.5 Å². The van der Waals surface area contributed by atoms with Gasteiger partial charge >= 0.3 is 0 Å². The molecule has 0 bridgehead atoms. The van der Waals surface area contributed by atoms with Crippen molar-refractivity contribution >= 4 is 0 Å². The van der Waals surface area contributed by atoms with Crippen LogP contribution in [0.2, 0.25) is 0 Å². The van der Waals surface area contributed by atoms with Crippen molar-refractivity contribution in [3.63, 3.8) is 0 Å². The molecule has 0 unspecified atom stereocenters. The summed E-state index contributed by atoms with van der Waals surface area (Å²) < 4.78 is 5.74. The number of aliphatic hydroxyl groups is 1. The molecule has 2 rings (SSSR count). The third-order valence-electron chi connectivity index (χ3n) is 2.78. The summed E-state index contributed by atoms with van der Waals surface area (Å²) in [5.41, 5.74) is 2.18. The molecule has 0 amide bonds. The zero-order valence-corrected chi connectivity index (χ0v) is 10.6. The Kier molecular flexibility index (Phi) is 4.37. The highest BCUT2D eigenvalue weighted by Crippen LogP contribution is 2.22.